The molecule has 2 aromatic rings. The Kier molecular flexibility index (Phi) is 5.80. The van der Waals surface area contributed by atoms with Crippen LogP contribution in [0.15, 0.2) is 36.4 Å². The summed E-state index contributed by atoms with van der Waals surface area (Å²) in [6, 6.07) is 7.93. The molecule has 1 aromatic heterocycles. The molecule has 3 heterocycles. The van der Waals surface area contributed by atoms with Crippen LogP contribution in [0.4, 0.5) is 23.8 Å². The number of anilines is 1. The number of pyridine rings is 1. The smallest absolute Gasteiger partial charge is 0.416 e. The largest absolute Gasteiger partial charge is 0.488 e. The molecule has 2 amide bonds. The highest BCUT2D eigenvalue weighted by atomic mass is 19.4. The maximum Gasteiger partial charge on any atom is 0.416 e. The predicted molar refractivity (Wildman–Crippen MR) is 120 cm³/mol. The molecule has 0 atom stereocenters. The second-order valence-electron chi connectivity index (χ2n) is 10.0. The van der Waals surface area contributed by atoms with E-state index in [9.17, 15) is 18.0 Å². The number of benzene rings is 1. The number of hydrogen-bond donors (Lipinski definition) is 2. The highest BCUT2D eigenvalue weighted by molar-refractivity contribution is 5.93. The Morgan fingerprint density at radius 3 is 2.52 bits per heavy atom. The lowest BCUT2D eigenvalue weighted by Gasteiger charge is -2.47. The van der Waals surface area contributed by atoms with Crippen LogP contribution in [0.25, 0.3) is 11.3 Å². The Balaban J connectivity index is 1.59. The van der Waals surface area contributed by atoms with E-state index in [1.807, 2.05) is 0 Å². The Morgan fingerprint density at radius 1 is 1.15 bits per heavy atom. The summed E-state index contributed by atoms with van der Waals surface area (Å²) < 4.78 is 45.1. The Labute approximate surface area is 191 Å². The van der Waals surface area contributed by atoms with Gasteiger partial charge in [0.2, 0.25) is 0 Å². The van der Waals surface area contributed by atoms with Gasteiger partial charge in [-0.25, -0.2) is 9.78 Å². The second-order valence-corrected chi connectivity index (χ2v) is 10.0. The van der Waals surface area contributed by atoms with Crippen molar-refractivity contribution >= 4 is 11.8 Å². The number of urea groups is 1. The predicted octanol–water partition coefficient (Wildman–Crippen LogP) is 4.99. The van der Waals surface area contributed by atoms with E-state index in [1.54, 1.807) is 18.2 Å². The van der Waals surface area contributed by atoms with Crippen LogP contribution in [0.1, 0.15) is 46.1 Å². The normalized spacial score (nSPS) is 20.0. The topological polar surface area (TPSA) is 66.5 Å². The first-order valence-corrected chi connectivity index (χ1v) is 11.0. The molecular weight excluding hydrogens is 433 g/mol. The number of nitrogens with one attached hydrogen (secondary N) is 2. The molecule has 178 valence electrons. The molecule has 0 aliphatic carbocycles. The molecule has 0 saturated carbocycles. The highest BCUT2D eigenvalue weighted by Crippen LogP contribution is 2.36. The fourth-order valence-corrected chi connectivity index (χ4v) is 4.98. The van der Waals surface area contributed by atoms with E-state index in [4.69, 9.17) is 4.74 Å². The molecule has 1 fully saturated rings. The van der Waals surface area contributed by atoms with Gasteiger partial charge in [-0.2, -0.15) is 13.2 Å². The fourth-order valence-electron chi connectivity index (χ4n) is 4.98. The summed E-state index contributed by atoms with van der Waals surface area (Å²) >= 11 is 0. The maximum atomic E-state index is 13.2. The minimum atomic E-state index is -4.45. The Bertz CT molecular complexity index is 1040. The third kappa shape index (κ3) is 5.24. The number of fused-ring (bicyclic) bond motifs is 1. The first-order chi connectivity index (χ1) is 15.3. The fraction of sp³-hybridized carbons (Fsp3) is 0.500. The summed E-state index contributed by atoms with van der Waals surface area (Å²) in [7, 11) is 0. The van der Waals surface area contributed by atoms with Crippen molar-refractivity contribution in [3.05, 3.63) is 42.0 Å². The van der Waals surface area contributed by atoms with E-state index in [0.29, 0.717) is 36.0 Å². The van der Waals surface area contributed by atoms with Crippen LogP contribution in [0, 0.1) is 0 Å². The van der Waals surface area contributed by atoms with Gasteiger partial charge in [-0.15, -0.1) is 0 Å². The number of amides is 2. The molecular formula is C24H29F3N4O2. The van der Waals surface area contributed by atoms with E-state index in [-0.39, 0.29) is 23.2 Å². The van der Waals surface area contributed by atoms with Gasteiger partial charge < -0.3 is 15.4 Å². The van der Waals surface area contributed by atoms with Crippen molar-refractivity contribution in [2.75, 3.05) is 18.1 Å². The van der Waals surface area contributed by atoms with Crippen molar-refractivity contribution in [3.63, 3.8) is 0 Å². The number of carbonyl (C=O) groups excluding carboxylic acids is 1. The van der Waals surface area contributed by atoms with Gasteiger partial charge in [0.25, 0.3) is 0 Å². The third-order valence-electron chi connectivity index (χ3n) is 5.92. The molecule has 33 heavy (non-hydrogen) atoms. The summed E-state index contributed by atoms with van der Waals surface area (Å²) in [6.07, 6.45) is -2.90. The van der Waals surface area contributed by atoms with Crippen molar-refractivity contribution in [3.8, 4) is 17.0 Å². The van der Waals surface area contributed by atoms with Gasteiger partial charge >= 0.3 is 12.2 Å². The highest BCUT2D eigenvalue weighted by Gasteiger charge is 2.39. The monoisotopic (exact) mass is 462 g/mol. The van der Waals surface area contributed by atoms with Crippen molar-refractivity contribution in [1.29, 1.82) is 0 Å². The average molecular weight is 463 g/mol. The summed E-state index contributed by atoms with van der Waals surface area (Å²) in [5.74, 6) is 0.735. The molecule has 2 aliphatic heterocycles. The number of aromatic nitrogens is 1. The van der Waals surface area contributed by atoms with Crippen molar-refractivity contribution < 1.29 is 22.7 Å². The zero-order valence-electron chi connectivity index (χ0n) is 19.2. The third-order valence-corrected chi connectivity index (χ3v) is 5.92. The lowest BCUT2D eigenvalue weighted by atomic mass is 9.80. The van der Waals surface area contributed by atoms with Gasteiger partial charge in [0.15, 0.2) is 11.6 Å². The standard InChI is InChI=1S/C24H29F3N4O2/c1-22(2)13-17(14-23(3,4)30-22)28-21(32)31-10-11-33-19-9-8-18(29-20(19)31)15-6-5-7-16(12-15)24(25,26)27/h5-9,12,17,30H,10-11,13-14H2,1-4H3,(H,28,32). The molecule has 4 rings (SSSR count). The summed E-state index contributed by atoms with van der Waals surface area (Å²) in [4.78, 5) is 19.3. The minimum Gasteiger partial charge on any atom is -0.488 e. The first-order valence-electron chi connectivity index (χ1n) is 11.0. The number of piperidine rings is 1. The van der Waals surface area contributed by atoms with Crippen LogP contribution >= 0.6 is 0 Å². The van der Waals surface area contributed by atoms with Crippen LogP contribution in [-0.4, -0.2) is 41.3 Å². The van der Waals surface area contributed by atoms with Crippen LogP contribution in [0.3, 0.4) is 0 Å². The molecule has 2 N–H and O–H groups in total. The van der Waals surface area contributed by atoms with E-state index in [1.165, 1.54) is 11.0 Å². The molecule has 2 aliphatic rings. The van der Waals surface area contributed by atoms with Crippen molar-refractivity contribution in [2.45, 2.75) is 63.8 Å². The maximum absolute atomic E-state index is 13.2. The van der Waals surface area contributed by atoms with E-state index < -0.39 is 11.7 Å². The van der Waals surface area contributed by atoms with Crippen molar-refractivity contribution in [2.24, 2.45) is 0 Å². The van der Waals surface area contributed by atoms with Crippen molar-refractivity contribution in [1.82, 2.24) is 15.6 Å². The molecule has 1 saturated heterocycles. The quantitative estimate of drug-likeness (QED) is 0.660. The van der Waals surface area contributed by atoms with Crippen LogP contribution < -0.4 is 20.3 Å². The number of hydrogen-bond acceptors (Lipinski definition) is 4. The zero-order chi connectivity index (χ0) is 24.0. The minimum absolute atomic E-state index is 0.0262. The Hall–Kier alpha value is -2.81. The second kappa shape index (κ2) is 8.20. The van der Waals surface area contributed by atoms with Crippen LogP contribution in [0.5, 0.6) is 5.75 Å². The average Bonchev–Trinajstić information content (AvgIpc) is 2.70. The zero-order valence-corrected chi connectivity index (χ0v) is 19.2. The number of carbonyl (C=O) groups is 1. The summed E-state index contributed by atoms with van der Waals surface area (Å²) in [6.45, 7) is 9.06. The SMILES string of the molecule is CC1(C)CC(NC(=O)N2CCOc3ccc(-c4cccc(C(F)(F)F)c4)nc32)CC(C)(C)N1. The number of rotatable bonds is 2. The summed E-state index contributed by atoms with van der Waals surface area (Å²) in [5.41, 5.74) is -0.344. The molecule has 0 radical (unpaired) electrons. The molecule has 0 spiro atoms. The van der Waals surface area contributed by atoms with Gasteiger partial charge in [0, 0.05) is 22.7 Å². The first kappa shape index (κ1) is 23.4. The van der Waals surface area contributed by atoms with Crippen LogP contribution in [0.2, 0.25) is 0 Å². The van der Waals surface area contributed by atoms with E-state index in [2.05, 4.69) is 43.3 Å². The van der Waals surface area contributed by atoms with E-state index in [0.717, 1.165) is 25.0 Å². The van der Waals surface area contributed by atoms with Gasteiger partial charge in [0.1, 0.15) is 6.61 Å². The van der Waals surface area contributed by atoms with Gasteiger partial charge in [-0.1, -0.05) is 12.1 Å². The van der Waals surface area contributed by atoms with E-state index >= 15 is 0 Å². The number of halogens is 3. The lowest BCUT2D eigenvalue weighted by molar-refractivity contribution is -0.137. The molecule has 0 unspecified atom stereocenters. The molecule has 0 bridgehead atoms. The molecule has 9 heteroatoms. The van der Waals surface area contributed by atoms with Gasteiger partial charge in [0.05, 0.1) is 17.8 Å². The van der Waals surface area contributed by atoms with Gasteiger partial charge in [-0.05, 0) is 64.8 Å². The lowest BCUT2D eigenvalue weighted by Crippen LogP contribution is -2.63. The number of nitrogens with zero attached hydrogens (tertiary/aromatic N) is 2. The number of alkyl halides is 3. The molecule has 6 nitrogen and oxygen atoms in total. The molecule has 1 aromatic carbocycles. The van der Waals surface area contributed by atoms with Crippen LogP contribution in [-0.2, 0) is 6.18 Å². The Morgan fingerprint density at radius 2 is 1.85 bits per heavy atom. The van der Waals surface area contributed by atoms with Gasteiger partial charge in [-0.3, -0.25) is 4.90 Å². The summed E-state index contributed by atoms with van der Waals surface area (Å²) in [5, 5.41) is 6.73. The number of ether oxygens (including phenoxy) is 1.